The van der Waals surface area contributed by atoms with Crippen LogP contribution in [0.25, 0.3) is 11.3 Å². The van der Waals surface area contributed by atoms with E-state index >= 15 is 0 Å². The lowest BCUT2D eigenvalue weighted by Crippen LogP contribution is -2.67. The van der Waals surface area contributed by atoms with Gasteiger partial charge in [0.05, 0.1) is 17.7 Å². The number of carbonyl (C=O) groups is 4. The van der Waals surface area contributed by atoms with Crippen molar-refractivity contribution in [3.05, 3.63) is 84.6 Å². The average Bonchev–Trinajstić information content (AvgIpc) is 3.06. The number of aliphatic hydroxyl groups excluding tert-OH is 1. The van der Waals surface area contributed by atoms with Crippen molar-refractivity contribution in [2.45, 2.75) is 57.4 Å². The maximum Gasteiger partial charge on any atom is 0.622 e. The Kier molecular flexibility index (Phi) is 10.6. The monoisotopic (exact) mass is 641 g/mol. The van der Waals surface area contributed by atoms with Gasteiger partial charge in [0.15, 0.2) is 0 Å². The molecular weight excluding hydrogens is 601 g/mol. The minimum atomic E-state index is -1.42. The fourth-order valence-corrected chi connectivity index (χ4v) is 5.84. The summed E-state index contributed by atoms with van der Waals surface area (Å²) in [6, 6.07) is 20.9. The summed E-state index contributed by atoms with van der Waals surface area (Å²) in [6.45, 7) is 5.79. The number of fused-ring (bicyclic) bond motifs is 2. The molecule has 2 aliphatic heterocycles. The number of benzene rings is 2. The highest BCUT2D eigenvalue weighted by Crippen LogP contribution is 2.26. The van der Waals surface area contributed by atoms with Gasteiger partial charge in [0.1, 0.15) is 23.8 Å². The number of hydrogen-bond acceptors (Lipinski definition) is 10. The number of pyridine rings is 1. The lowest BCUT2D eigenvalue weighted by molar-refractivity contribution is -0.155. The zero-order chi connectivity index (χ0) is 33.7. The first kappa shape index (κ1) is 33.6. The Morgan fingerprint density at radius 1 is 0.894 bits per heavy atom. The third-order valence-electron chi connectivity index (χ3n) is 8.38. The Balaban J connectivity index is 1.32. The average molecular weight is 642 g/mol. The Morgan fingerprint density at radius 3 is 2.06 bits per heavy atom. The van der Waals surface area contributed by atoms with Gasteiger partial charge in [-0.15, -0.1) is 0 Å². The van der Waals surface area contributed by atoms with Gasteiger partial charge in [0.2, 0.25) is 5.91 Å². The number of piperazine rings is 1. The quantitative estimate of drug-likeness (QED) is 0.281. The maximum atomic E-state index is 13.6. The summed E-state index contributed by atoms with van der Waals surface area (Å²) in [7, 11) is 0.270. The molecule has 2 saturated heterocycles. The molecule has 13 heteroatoms. The van der Waals surface area contributed by atoms with Crippen LogP contribution in [-0.4, -0.2) is 96.2 Å². The van der Waals surface area contributed by atoms with E-state index in [4.69, 9.17) is 9.31 Å². The highest BCUT2D eigenvalue weighted by molar-refractivity contribution is 6.51. The van der Waals surface area contributed by atoms with Gasteiger partial charge in [-0.2, -0.15) is 0 Å². The number of nitrogens with one attached hydrogen (secondary N) is 2. The molecule has 2 bridgehead atoms. The number of amides is 2. The molecule has 0 spiro atoms. The number of aliphatic hydroxyl groups is 1. The summed E-state index contributed by atoms with van der Waals surface area (Å²) in [4.78, 5) is 62.0. The highest BCUT2D eigenvalue weighted by Gasteiger charge is 2.50. The molecule has 0 saturated carbocycles. The second-order valence-corrected chi connectivity index (χ2v) is 12.4. The molecule has 246 valence electrons. The van der Waals surface area contributed by atoms with Crippen molar-refractivity contribution in [2.24, 2.45) is 5.92 Å². The third-order valence-corrected chi connectivity index (χ3v) is 8.38. The molecule has 2 amide bonds. The van der Waals surface area contributed by atoms with Crippen LogP contribution in [-0.2, 0) is 23.7 Å². The van der Waals surface area contributed by atoms with Gasteiger partial charge < -0.3 is 29.9 Å². The SMILES string of the molecule is CC(C)C[C@H](NC(=O)[C@@H](NC(=O)c1cccc(-c2ccccc2)n1)[C@@H](C)O)B1OC(=O)[C@H]2CN(c3ccccc3)C[C@@H](C(=O)O1)N2C. The molecular formula is C34H40BN5O7. The Bertz CT molecular complexity index is 1550. The smallest absolute Gasteiger partial charge is 0.497 e. The van der Waals surface area contributed by atoms with E-state index < -0.39 is 61.0 Å². The lowest BCUT2D eigenvalue weighted by atomic mass is 9.73. The Morgan fingerprint density at radius 2 is 1.49 bits per heavy atom. The molecule has 0 radical (unpaired) electrons. The number of nitrogens with zero attached hydrogens (tertiary/aromatic N) is 3. The first-order valence-corrected chi connectivity index (χ1v) is 15.8. The topological polar surface area (TPSA) is 150 Å². The van der Waals surface area contributed by atoms with Crippen molar-refractivity contribution < 1.29 is 33.6 Å². The van der Waals surface area contributed by atoms with Crippen LogP contribution in [0.15, 0.2) is 78.9 Å². The molecule has 3 heterocycles. The van der Waals surface area contributed by atoms with E-state index in [-0.39, 0.29) is 18.0 Å². The number of likely N-dealkylation sites (N-methyl/N-ethyl adjacent to an activating group) is 1. The molecule has 0 unspecified atom stereocenters. The molecule has 5 atom stereocenters. The van der Waals surface area contributed by atoms with Crippen molar-refractivity contribution in [1.82, 2.24) is 20.5 Å². The number of hydrogen-bond donors (Lipinski definition) is 3. The van der Waals surface area contributed by atoms with Crippen molar-refractivity contribution in [3.8, 4) is 11.3 Å². The highest BCUT2D eigenvalue weighted by atomic mass is 16.6. The number of para-hydroxylation sites is 1. The van der Waals surface area contributed by atoms with Gasteiger partial charge in [-0.25, -0.2) is 4.98 Å². The number of anilines is 1. The van der Waals surface area contributed by atoms with Crippen LogP contribution in [0.1, 0.15) is 37.7 Å². The molecule has 5 rings (SSSR count). The summed E-state index contributed by atoms with van der Waals surface area (Å²) in [5.74, 6) is -3.55. The molecule has 0 aliphatic carbocycles. The standard InChI is InChI=1S/C34H40BN5O7/c1-21(2)18-29(35-46-33(44)27-19-40(24-14-9-6-10-15-24)20-28(39(27)4)34(45)47-35)37-32(43)30(22(3)41)38-31(42)26-17-11-16-25(36-26)23-12-7-5-8-13-23/h5-17,21-22,27-30,41H,18-20H2,1-4H3,(H,37,43)(H,38,42)/t22-,27-,28+,29+,30+/m1/s1. The first-order chi connectivity index (χ1) is 22.5. The summed E-state index contributed by atoms with van der Waals surface area (Å²) in [5.41, 5.74) is 2.32. The van der Waals surface area contributed by atoms with E-state index in [0.717, 1.165) is 11.3 Å². The van der Waals surface area contributed by atoms with Crippen molar-refractivity contribution in [2.75, 3.05) is 25.0 Å². The van der Waals surface area contributed by atoms with Crippen LogP contribution >= 0.6 is 0 Å². The summed E-state index contributed by atoms with van der Waals surface area (Å²) in [5, 5.41) is 15.9. The van der Waals surface area contributed by atoms with Gasteiger partial charge in [-0.3, -0.25) is 24.1 Å². The minimum absolute atomic E-state index is 0.0107. The lowest BCUT2D eigenvalue weighted by Gasteiger charge is -2.45. The van der Waals surface area contributed by atoms with Crippen LogP contribution in [0, 0.1) is 5.92 Å². The largest absolute Gasteiger partial charge is 0.622 e. The first-order valence-electron chi connectivity index (χ1n) is 15.8. The molecule has 2 aliphatic rings. The predicted octanol–water partition coefficient (Wildman–Crippen LogP) is 2.08. The summed E-state index contributed by atoms with van der Waals surface area (Å²) in [6.07, 6.45) is -1.02. The summed E-state index contributed by atoms with van der Waals surface area (Å²) < 4.78 is 11.6. The molecule has 3 N–H and O–H groups in total. The predicted molar refractivity (Wildman–Crippen MR) is 176 cm³/mol. The van der Waals surface area contributed by atoms with Gasteiger partial charge in [-0.05, 0) is 50.6 Å². The number of aromatic nitrogens is 1. The Hall–Kier alpha value is -4.75. The van der Waals surface area contributed by atoms with E-state index in [1.165, 1.54) is 13.0 Å². The second kappa shape index (κ2) is 14.8. The van der Waals surface area contributed by atoms with Crippen LogP contribution in [0.3, 0.4) is 0 Å². The van der Waals surface area contributed by atoms with E-state index in [9.17, 15) is 24.3 Å². The van der Waals surface area contributed by atoms with Crippen LogP contribution in [0.5, 0.6) is 0 Å². The number of carbonyl (C=O) groups excluding carboxylic acids is 4. The van der Waals surface area contributed by atoms with Gasteiger partial charge in [-0.1, -0.05) is 68.4 Å². The van der Waals surface area contributed by atoms with Gasteiger partial charge >= 0.3 is 19.1 Å². The normalized spacial score (nSPS) is 20.3. The third kappa shape index (κ3) is 7.98. The van der Waals surface area contributed by atoms with Crippen molar-refractivity contribution in [1.29, 1.82) is 0 Å². The zero-order valence-corrected chi connectivity index (χ0v) is 26.9. The second-order valence-electron chi connectivity index (χ2n) is 12.4. The van der Waals surface area contributed by atoms with E-state index in [1.807, 2.05) is 79.4 Å². The molecule has 3 aromatic rings. The van der Waals surface area contributed by atoms with Gasteiger partial charge in [0.25, 0.3) is 5.91 Å². The van der Waals surface area contributed by atoms with Crippen LogP contribution in [0.4, 0.5) is 5.69 Å². The van der Waals surface area contributed by atoms with E-state index in [2.05, 4.69) is 15.6 Å². The summed E-state index contributed by atoms with van der Waals surface area (Å²) >= 11 is 0. The van der Waals surface area contributed by atoms with E-state index in [1.54, 1.807) is 24.1 Å². The Labute approximate surface area is 274 Å². The van der Waals surface area contributed by atoms with Crippen molar-refractivity contribution in [3.63, 3.8) is 0 Å². The molecule has 2 fully saturated rings. The van der Waals surface area contributed by atoms with Crippen molar-refractivity contribution >= 4 is 36.6 Å². The fraction of sp³-hybridized carbons (Fsp3) is 0.382. The van der Waals surface area contributed by atoms with Crippen LogP contribution in [0.2, 0.25) is 0 Å². The maximum absolute atomic E-state index is 13.6. The van der Waals surface area contributed by atoms with E-state index in [0.29, 0.717) is 18.8 Å². The molecule has 1 aromatic heterocycles. The minimum Gasteiger partial charge on any atom is -0.497 e. The fourth-order valence-electron chi connectivity index (χ4n) is 5.84. The molecule has 12 nitrogen and oxygen atoms in total. The zero-order valence-electron chi connectivity index (χ0n) is 26.9. The molecule has 47 heavy (non-hydrogen) atoms. The molecule has 2 aromatic carbocycles. The van der Waals surface area contributed by atoms with Crippen LogP contribution < -0.4 is 15.5 Å². The van der Waals surface area contributed by atoms with Gasteiger partial charge in [0, 0.05) is 24.3 Å². The number of rotatable bonds is 10.